The van der Waals surface area contributed by atoms with E-state index in [1.165, 1.54) is 12.3 Å². The molecule has 3 N–H and O–H groups in total. The Kier molecular flexibility index (Phi) is 4.91. The Morgan fingerprint density at radius 1 is 1.38 bits per heavy atom. The summed E-state index contributed by atoms with van der Waals surface area (Å²) >= 11 is 6.41. The van der Waals surface area contributed by atoms with Gasteiger partial charge in [0.1, 0.15) is 5.69 Å². The van der Waals surface area contributed by atoms with E-state index in [0.717, 1.165) is 29.5 Å². The van der Waals surface area contributed by atoms with Gasteiger partial charge in [-0.15, -0.1) is 6.58 Å². The van der Waals surface area contributed by atoms with Gasteiger partial charge in [-0.1, -0.05) is 23.7 Å². The van der Waals surface area contributed by atoms with Gasteiger partial charge in [-0.2, -0.15) is 0 Å². The molecule has 3 aromatic rings. The molecule has 5 nitrogen and oxygen atoms in total. The van der Waals surface area contributed by atoms with Crippen LogP contribution in [-0.4, -0.2) is 15.9 Å². The van der Waals surface area contributed by atoms with E-state index < -0.39 is 5.91 Å². The van der Waals surface area contributed by atoms with Crippen LogP contribution in [0.2, 0.25) is 5.02 Å². The Hall–Kier alpha value is -2.92. The molecule has 2 aromatic heterocycles. The number of allylic oxidation sites excluding steroid dienone is 1. The lowest BCUT2D eigenvalue weighted by atomic mass is 9.99. The molecule has 1 aromatic carbocycles. The summed E-state index contributed by atoms with van der Waals surface area (Å²) in [4.78, 5) is 31.2. The smallest absolute Gasteiger partial charge is 0.268 e. The predicted octanol–water partition coefficient (Wildman–Crippen LogP) is 3.77. The number of hydrogen-bond donors (Lipinski definition) is 2. The second-order valence-corrected chi connectivity index (χ2v) is 6.49. The number of carbonyl (C=O) groups is 1. The molecule has 1 amide bonds. The first-order valence-corrected chi connectivity index (χ1v) is 8.52. The van der Waals surface area contributed by atoms with Crippen LogP contribution in [0.5, 0.6) is 0 Å². The van der Waals surface area contributed by atoms with Crippen LogP contribution in [0.15, 0.2) is 47.9 Å². The summed E-state index contributed by atoms with van der Waals surface area (Å²) in [7, 11) is 0. The Morgan fingerprint density at radius 3 is 2.85 bits per heavy atom. The molecule has 26 heavy (non-hydrogen) atoms. The molecule has 0 aliphatic carbocycles. The largest absolute Gasteiger partial charge is 0.364 e. The third kappa shape index (κ3) is 3.26. The fraction of sp³-hybridized carbons (Fsp3) is 0.150. The molecule has 0 aliphatic rings. The molecule has 0 saturated carbocycles. The zero-order valence-corrected chi connectivity index (χ0v) is 15.1. The molecule has 132 valence electrons. The average molecular weight is 368 g/mol. The molecule has 3 rings (SSSR count). The number of pyridine rings is 2. The van der Waals surface area contributed by atoms with Gasteiger partial charge >= 0.3 is 0 Å². The molecule has 0 bridgehead atoms. The molecule has 0 radical (unpaired) electrons. The highest BCUT2D eigenvalue weighted by Crippen LogP contribution is 2.29. The molecule has 2 heterocycles. The molecule has 0 aliphatic heterocycles. The molecular formula is C20H18ClN3O2. The van der Waals surface area contributed by atoms with Crippen LogP contribution >= 0.6 is 11.6 Å². The molecule has 6 heteroatoms. The summed E-state index contributed by atoms with van der Waals surface area (Å²) in [6.07, 6.45) is 4.95. The maximum Gasteiger partial charge on any atom is 0.268 e. The van der Waals surface area contributed by atoms with Crippen molar-refractivity contribution < 1.29 is 4.79 Å². The molecule has 0 fully saturated rings. The number of fused-ring (bicyclic) bond motifs is 1. The summed E-state index contributed by atoms with van der Waals surface area (Å²) in [6, 6.07) is 6.95. The normalized spacial score (nSPS) is 10.8. The van der Waals surface area contributed by atoms with Crippen molar-refractivity contribution in [3.05, 3.63) is 75.2 Å². The summed E-state index contributed by atoms with van der Waals surface area (Å²) in [6.45, 7) is 5.70. The fourth-order valence-electron chi connectivity index (χ4n) is 3.01. The van der Waals surface area contributed by atoms with E-state index in [0.29, 0.717) is 16.2 Å². The lowest BCUT2D eigenvalue weighted by Crippen LogP contribution is -2.17. The van der Waals surface area contributed by atoms with Crippen molar-refractivity contribution in [2.24, 2.45) is 5.73 Å². The lowest BCUT2D eigenvalue weighted by Gasteiger charge is -2.12. The second-order valence-electron chi connectivity index (χ2n) is 6.08. The quantitative estimate of drug-likeness (QED) is 0.673. The van der Waals surface area contributed by atoms with E-state index in [1.54, 1.807) is 6.07 Å². The van der Waals surface area contributed by atoms with E-state index in [-0.39, 0.29) is 16.5 Å². The Morgan fingerprint density at radius 2 is 2.15 bits per heavy atom. The summed E-state index contributed by atoms with van der Waals surface area (Å²) in [5.41, 5.74) is 8.95. The number of halogens is 1. The summed E-state index contributed by atoms with van der Waals surface area (Å²) in [5.74, 6) is -0.736. The minimum Gasteiger partial charge on any atom is -0.364 e. The number of nitrogens with one attached hydrogen (secondary N) is 1. The van der Waals surface area contributed by atoms with E-state index in [2.05, 4.69) is 16.5 Å². The summed E-state index contributed by atoms with van der Waals surface area (Å²) < 4.78 is 0. The fourth-order valence-corrected chi connectivity index (χ4v) is 3.27. The van der Waals surface area contributed by atoms with Gasteiger partial charge in [0.25, 0.3) is 5.91 Å². The Bertz CT molecular complexity index is 1090. The van der Waals surface area contributed by atoms with Gasteiger partial charge in [0.15, 0.2) is 5.43 Å². The van der Waals surface area contributed by atoms with Crippen molar-refractivity contribution in [1.82, 2.24) is 9.97 Å². The maximum absolute atomic E-state index is 12.6. The predicted molar refractivity (Wildman–Crippen MR) is 105 cm³/mol. The number of nitrogens with two attached hydrogens (primary N) is 1. The topological polar surface area (TPSA) is 88.8 Å². The monoisotopic (exact) mass is 367 g/mol. The zero-order chi connectivity index (χ0) is 18.8. The zero-order valence-electron chi connectivity index (χ0n) is 14.3. The standard InChI is InChI=1S/C20H18ClN3O2/c1-3-4-5-12-8-11(2)13(9-14(12)21)16-10-17(25)18-15(24-16)6-7-23-19(18)20(22)26/h3,6-10H,1,4-5H2,2H3,(H2,22,26)(H,24,25). The number of carbonyl (C=O) groups excluding carboxylic acids is 1. The van der Waals surface area contributed by atoms with E-state index in [1.807, 2.05) is 25.1 Å². The first kappa shape index (κ1) is 17.9. The lowest BCUT2D eigenvalue weighted by molar-refractivity contribution is 0.0997. The van der Waals surface area contributed by atoms with Crippen molar-refractivity contribution in [1.29, 1.82) is 0 Å². The van der Waals surface area contributed by atoms with Crippen LogP contribution in [0.1, 0.15) is 28.0 Å². The third-order valence-electron chi connectivity index (χ3n) is 4.28. The maximum atomic E-state index is 12.6. The van der Waals surface area contributed by atoms with Gasteiger partial charge in [0.05, 0.1) is 16.6 Å². The number of aromatic nitrogens is 2. The van der Waals surface area contributed by atoms with Crippen molar-refractivity contribution in [3.63, 3.8) is 0 Å². The molecule has 0 atom stereocenters. The number of nitrogens with zero attached hydrogens (tertiary/aromatic N) is 1. The highest BCUT2D eigenvalue weighted by Gasteiger charge is 2.15. The van der Waals surface area contributed by atoms with E-state index in [9.17, 15) is 9.59 Å². The van der Waals surface area contributed by atoms with Crippen LogP contribution in [0.25, 0.3) is 22.2 Å². The molecule has 0 saturated heterocycles. The molecule has 0 unspecified atom stereocenters. The van der Waals surface area contributed by atoms with E-state index >= 15 is 0 Å². The van der Waals surface area contributed by atoms with Crippen molar-refractivity contribution in [2.75, 3.05) is 0 Å². The van der Waals surface area contributed by atoms with Gasteiger partial charge in [-0.05, 0) is 43.0 Å². The Balaban J connectivity index is 2.18. The SMILES string of the molecule is C=CCCc1cc(C)c(-c2cc(=O)c3c(C(N)=O)nccc3[nH]2)cc1Cl. The highest BCUT2D eigenvalue weighted by molar-refractivity contribution is 6.31. The first-order valence-electron chi connectivity index (χ1n) is 8.14. The number of H-pyrrole nitrogens is 1. The Labute approximate surface area is 155 Å². The molecule has 0 spiro atoms. The van der Waals surface area contributed by atoms with Crippen LogP contribution in [0, 0.1) is 6.92 Å². The van der Waals surface area contributed by atoms with Crippen LogP contribution < -0.4 is 11.2 Å². The van der Waals surface area contributed by atoms with Crippen LogP contribution in [0.3, 0.4) is 0 Å². The number of amides is 1. The van der Waals surface area contributed by atoms with Gasteiger partial charge in [0.2, 0.25) is 0 Å². The van der Waals surface area contributed by atoms with Gasteiger partial charge in [-0.25, -0.2) is 0 Å². The number of aromatic amines is 1. The minimum absolute atomic E-state index is 0.0372. The van der Waals surface area contributed by atoms with Crippen LogP contribution in [0.4, 0.5) is 0 Å². The van der Waals surface area contributed by atoms with Gasteiger partial charge in [-0.3, -0.25) is 14.6 Å². The number of rotatable bonds is 5. The average Bonchev–Trinajstić information content (AvgIpc) is 2.61. The number of aryl methyl sites for hydroxylation is 2. The van der Waals surface area contributed by atoms with Gasteiger partial charge in [0, 0.05) is 22.8 Å². The third-order valence-corrected chi connectivity index (χ3v) is 4.63. The number of benzene rings is 1. The van der Waals surface area contributed by atoms with Gasteiger partial charge < -0.3 is 10.7 Å². The van der Waals surface area contributed by atoms with Crippen LogP contribution in [-0.2, 0) is 6.42 Å². The summed E-state index contributed by atoms with van der Waals surface area (Å²) in [5, 5.41) is 0.830. The first-order chi connectivity index (χ1) is 12.4. The second kappa shape index (κ2) is 7.14. The van der Waals surface area contributed by atoms with Crippen molar-refractivity contribution in [2.45, 2.75) is 19.8 Å². The number of hydrogen-bond acceptors (Lipinski definition) is 3. The van der Waals surface area contributed by atoms with Crippen molar-refractivity contribution in [3.8, 4) is 11.3 Å². The minimum atomic E-state index is -0.736. The highest BCUT2D eigenvalue weighted by atomic mass is 35.5. The number of primary amides is 1. The van der Waals surface area contributed by atoms with Crippen molar-refractivity contribution >= 4 is 28.4 Å². The molecular weight excluding hydrogens is 350 g/mol. The van der Waals surface area contributed by atoms with E-state index in [4.69, 9.17) is 17.3 Å².